The van der Waals surface area contributed by atoms with Crippen LogP contribution in [-0.4, -0.2) is 20.2 Å². The molecule has 2 N–H and O–H groups in total. The summed E-state index contributed by atoms with van der Waals surface area (Å²) in [6.07, 6.45) is 0. The molecule has 0 saturated heterocycles. The van der Waals surface area contributed by atoms with Crippen molar-refractivity contribution in [1.82, 2.24) is 15.4 Å². The molecule has 5 nitrogen and oxygen atoms in total. The van der Waals surface area contributed by atoms with Crippen LogP contribution in [0.25, 0.3) is 5.69 Å². The van der Waals surface area contributed by atoms with Gasteiger partial charge in [-0.05, 0) is 37.4 Å². The zero-order valence-corrected chi connectivity index (χ0v) is 14.7. The number of halogens is 3. The topological polar surface area (TPSA) is 63.1 Å². The number of alkyl halides is 3. The summed E-state index contributed by atoms with van der Waals surface area (Å²) in [5.41, 5.74) is 7.03. The van der Waals surface area contributed by atoms with E-state index in [9.17, 15) is 9.59 Å². The van der Waals surface area contributed by atoms with E-state index in [0.29, 0.717) is 4.88 Å². The molecule has 0 aliphatic rings. The average Bonchev–Trinajstić information content (AvgIpc) is 3.01. The fraction of sp³-hybridized carbons (Fsp3) is 0.231. The number of carbonyl (C=O) groups excluding carboxylic acids is 2. The van der Waals surface area contributed by atoms with Crippen LogP contribution < -0.4 is 10.9 Å². The van der Waals surface area contributed by atoms with E-state index < -0.39 is 15.6 Å². The van der Waals surface area contributed by atoms with Crippen LogP contribution in [-0.2, 0) is 4.79 Å². The van der Waals surface area contributed by atoms with Gasteiger partial charge in [0.2, 0.25) is 0 Å². The van der Waals surface area contributed by atoms with Crippen molar-refractivity contribution < 1.29 is 9.59 Å². The molecule has 118 valence electrons. The molecule has 2 aromatic rings. The Bertz CT molecular complexity index is 699. The molecule has 2 heterocycles. The summed E-state index contributed by atoms with van der Waals surface area (Å²) in [4.78, 5) is 24.1. The minimum absolute atomic E-state index is 0.437. The molecule has 0 aliphatic carbocycles. The van der Waals surface area contributed by atoms with Crippen molar-refractivity contribution in [3.63, 3.8) is 0 Å². The highest BCUT2D eigenvalue weighted by Crippen LogP contribution is 2.26. The Labute approximate surface area is 146 Å². The number of hydrogen-bond donors (Lipinski definition) is 2. The Morgan fingerprint density at radius 3 is 2.23 bits per heavy atom. The maximum absolute atomic E-state index is 12.2. The van der Waals surface area contributed by atoms with Gasteiger partial charge in [0, 0.05) is 11.4 Å². The summed E-state index contributed by atoms with van der Waals surface area (Å²) < 4.78 is -0.193. The Balaban J connectivity index is 2.20. The van der Waals surface area contributed by atoms with Crippen molar-refractivity contribution in [2.24, 2.45) is 0 Å². The smallest absolute Gasteiger partial charge is 0.290 e. The second-order valence-electron chi connectivity index (χ2n) is 4.49. The van der Waals surface area contributed by atoms with Crippen LogP contribution in [0.1, 0.15) is 21.1 Å². The summed E-state index contributed by atoms with van der Waals surface area (Å²) in [5, 5.41) is 1.79. The van der Waals surface area contributed by atoms with Crippen molar-refractivity contribution in [3.05, 3.63) is 39.8 Å². The summed E-state index contributed by atoms with van der Waals surface area (Å²) >= 11 is 17.5. The number of rotatable bonds is 2. The number of amides is 2. The third kappa shape index (κ3) is 3.57. The van der Waals surface area contributed by atoms with E-state index in [4.69, 9.17) is 34.8 Å². The van der Waals surface area contributed by atoms with Crippen molar-refractivity contribution in [1.29, 1.82) is 0 Å². The van der Waals surface area contributed by atoms with Crippen LogP contribution >= 0.6 is 46.1 Å². The van der Waals surface area contributed by atoms with Crippen molar-refractivity contribution in [2.45, 2.75) is 17.6 Å². The minimum atomic E-state index is -2.14. The maximum Gasteiger partial charge on any atom is 0.290 e. The molecule has 2 rings (SSSR count). The maximum atomic E-state index is 12.2. The van der Waals surface area contributed by atoms with E-state index in [0.717, 1.165) is 17.1 Å². The fourth-order valence-corrected chi connectivity index (χ4v) is 2.85. The Hall–Kier alpha value is -1.21. The first-order chi connectivity index (χ1) is 10.2. The molecule has 2 amide bonds. The zero-order chi connectivity index (χ0) is 16.5. The van der Waals surface area contributed by atoms with Crippen LogP contribution in [0, 0.1) is 13.8 Å². The van der Waals surface area contributed by atoms with E-state index in [-0.39, 0.29) is 0 Å². The van der Waals surface area contributed by atoms with Crippen molar-refractivity contribution >= 4 is 58.0 Å². The lowest BCUT2D eigenvalue weighted by atomic mass is 10.3. The third-order valence-corrected chi connectivity index (χ3v) is 4.33. The first-order valence-corrected chi connectivity index (χ1v) is 8.13. The van der Waals surface area contributed by atoms with Crippen LogP contribution in [0.2, 0.25) is 0 Å². The number of aromatic nitrogens is 1. The molecule has 0 radical (unpaired) electrons. The standard InChI is InChI=1S/C13H12Cl3N3O2S/c1-7-3-4-8(2)19(7)9-5-6-22-10(9)11(20)17-18-12(21)13(14,15)16/h3-6H,1-2H3,(H,17,20)(H,18,21). The quantitative estimate of drug-likeness (QED) is 0.620. The predicted octanol–water partition coefficient (Wildman–Crippen LogP) is 3.29. The molecular formula is C13H12Cl3N3O2S. The Kier molecular flexibility index (Phi) is 5.07. The average molecular weight is 381 g/mol. The predicted molar refractivity (Wildman–Crippen MR) is 89.0 cm³/mol. The van der Waals surface area contributed by atoms with Crippen LogP contribution in [0.3, 0.4) is 0 Å². The zero-order valence-electron chi connectivity index (χ0n) is 11.6. The van der Waals surface area contributed by atoms with Gasteiger partial charge in [0.1, 0.15) is 4.88 Å². The molecule has 0 saturated carbocycles. The van der Waals surface area contributed by atoms with E-state index in [1.165, 1.54) is 11.3 Å². The highest BCUT2D eigenvalue weighted by molar-refractivity contribution is 7.12. The lowest BCUT2D eigenvalue weighted by Gasteiger charge is -2.13. The summed E-state index contributed by atoms with van der Waals surface area (Å²) in [7, 11) is 0. The number of aryl methyl sites for hydroxylation is 2. The van der Waals surface area contributed by atoms with Gasteiger partial charge >= 0.3 is 0 Å². The first-order valence-electron chi connectivity index (χ1n) is 6.12. The molecular weight excluding hydrogens is 369 g/mol. The van der Waals surface area contributed by atoms with Gasteiger partial charge in [0.05, 0.1) is 5.69 Å². The Morgan fingerprint density at radius 1 is 1.09 bits per heavy atom. The van der Waals surface area contributed by atoms with Gasteiger partial charge in [-0.15, -0.1) is 11.3 Å². The number of hydrogen-bond acceptors (Lipinski definition) is 3. The van der Waals surface area contributed by atoms with Crippen molar-refractivity contribution in [3.8, 4) is 5.69 Å². The highest BCUT2D eigenvalue weighted by Gasteiger charge is 2.31. The first kappa shape index (κ1) is 17.1. The number of thiophene rings is 1. The molecule has 0 unspecified atom stereocenters. The molecule has 22 heavy (non-hydrogen) atoms. The summed E-state index contributed by atoms with van der Waals surface area (Å²) in [5.74, 6) is -1.42. The molecule has 0 fully saturated rings. The minimum Gasteiger partial charge on any atom is -0.317 e. The lowest BCUT2D eigenvalue weighted by molar-refractivity contribution is -0.120. The Morgan fingerprint density at radius 2 is 1.68 bits per heavy atom. The lowest BCUT2D eigenvalue weighted by Crippen LogP contribution is -2.46. The second-order valence-corrected chi connectivity index (χ2v) is 7.69. The monoisotopic (exact) mass is 379 g/mol. The molecule has 0 aromatic carbocycles. The van der Waals surface area contributed by atoms with Crippen LogP contribution in [0.15, 0.2) is 23.6 Å². The molecule has 9 heteroatoms. The van der Waals surface area contributed by atoms with Gasteiger partial charge in [0.25, 0.3) is 15.6 Å². The van der Waals surface area contributed by atoms with E-state index in [1.807, 2.05) is 36.6 Å². The van der Waals surface area contributed by atoms with E-state index in [1.54, 1.807) is 5.38 Å². The van der Waals surface area contributed by atoms with Crippen LogP contribution in [0.4, 0.5) is 0 Å². The second kappa shape index (κ2) is 6.50. The van der Waals surface area contributed by atoms with Crippen molar-refractivity contribution in [2.75, 3.05) is 0 Å². The summed E-state index contributed by atoms with van der Waals surface area (Å²) in [6, 6.07) is 5.74. The van der Waals surface area contributed by atoms with E-state index >= 15 is 0 Å². The highest BCUT2D eigenvalue weighted by atomic mass is 35.6. The van der Waals surface area contributed by atoms with Gasteiger partial charge in [-0.2, -0.15) is 0 Å². The molecule has 0 atom stereocenters. The molecule has 2 aromatic heterocycles. The number of hydrazine groups is 1. The molecule has 0 spiro atoms. The van der Waals surface area contributed by atoms with Gasteiger partial charge in [-0.1, -0.05) is 34.8 Å². The third-order valence-electron chi connectivity index (χ3n) is 2.91. The van der Waals surface area contributed by atoms with Gasteiger partial charge in [-0.25, -0.2) is 0 Å². The van der Waals surface area contributed by atoms with Gasteiger partial charge < -0.3 is 4.57 Å². The normalized spacial score (nSPS) is 11.3. The number of nitrogens with one attached hydrogen (secondary N) is 2. The van der Waals surface area contributed by atoms with Gasteiger partial charge in [-0.3, -0.25) is 20.4 Å². The number of carbonyl (C=O) groups is 2. The number of nitrogens with zero attached hydrogens (tertiary/aromatic N) is 1. The fourth-order valence-electron chi connectivity index (χ4n) is 1.94. The molecule has 0 aliphatic heterocycles. The molecule has 0 bridgehead atoms. The SMILES string of the molecule is Cc1ccc(C)n1-c1ccsc1C(=O)NNC(=O)C(Cl)(Cl)Cl. The summed E-state index contributed by atoms with van der Waals surface area (Å²) in [6.45, 7) is 3.88. The van der Waals surface area contributed by atoms with Gasteiger partial charge in [0.15, 0.2) is 0 Å². The largest absolute Gasteiger partial charge is 0.317 e. The van der Waals surface area contributed by atoms with Crippen LogP contribution in [0.5, 0.6) is 0 Å². The van der Waals surface area contributed by atoms with E-state index in [2.05, 4.69) is 10.9 Å².